The van der Waals surface area contributed by atoms with Gasteiger partial charge in [0.15, 0.2) is 6.04 Å². The van der Waals surface area contributed by atoms with E-state index >= 15 is 0 Å². The van der Waals surface area contributed by atoms with Crippen LogP contribution >= 0.6 is 0 Å². The number of aromatic nitrogens is 3. The van der Waals surface area contributed by atoms with E-state index in [2.05, 4.69) is 15.6 Å². The Labute approximate surface area is 205 Å². The highest BCUT2D eigenvalue weighted by atomic mass is 19.1. The number of fused-ring (bicyclic) bond motifs is 1. The van der Waals surface area contributed by atoms with Gasteiger partial charge in [0.1, 0.15) is 35.2 Å². The number of rotatable bonds is 8. The van der Waals surface area contributed by atoms with Crippen LogP contribution in [-0.4, -0.2) is 26.8 Å². The zero-order chi connectivity index (χ0) is 25.1. The van der Waals surface area contributed by atoms with Crippen molar-refractivity contribution in [1.29, 1.82) is 0 Å². The van der Waals surface area contributed by atoms with Gasteiger partial charge in [-0.3, -0.25) is 14.5 Å². The molecular formula is C26H22FN5O4. The first kappa shape index (κ1) is 23.0. The zero-order valence-corrected chi connectivity index (χ0v) is 19.3. The van der Waals surface area contributed by atoms with Crippen LogP contribution in [0.3, 0.4) is 0 Å². The van der Waals surface area contributed by atoms with Crippen LogP contribution in [0.25, 0.3) is 11.0 Å². The molecule has 0 spiro atoms. The van der Waals surface area contributed by atoms with E-state index < -0.39 is 23.7 Å². The second kappa shape index (κ2) is 9.87. The topological polar surface area (TPSA) is 106 Å². The molecule has 0 radical (unpaired) electrons. The number of anilines is 1. The number of para-hydroxylation sites is 1. The third kappa shape index (κ3) is 4.74. The van der Waals surface area contributed by atoms with Crippen molar-refractivity contribution in [3.8, 4) is 0 Å². The summed E-state index contributed by atoms with van der Waals surface area (Å²) in [4.78, 5) is 28.6. The number of aryl methyl sites for hydroxylation is 1. The first-order valence-electron chi connectivity index (χ1n) is 11.2. The Morgan fingerprint density at radius 2 is 1.86 bits per heavy atom. The number of hydrogen-bond acceptors (Lipinski definition) is 6. The van der Waals surface area contributed by atoms with Gasteiger partial charge in [0.25, 0.3) is 5.91 Å². The van der Waals surface area contributed by atoms with Gasteiger partial charge in [-0.05, 0) is 67.6 Å². The molecule has 1 unspecified atom stereocenters. The van der Waals surface area contributed by atoms with E-state index in [4.69, 9.17) is 8.83 Å². The number of carbonyl (C=O) groups excluding carboxylic acids is 2. The Morgan fingerprint density at radius 1 is 1.06 bits per heavy atom. The summed E-state index contributed by atoms with van der Waals surface area (Å²) < 4.78 is 26.3. The maximum atomic E-state index is 13.8. The van der Waals surface area contributed by atoms with E-state index in [1.54, 1.807) is 43.3 Å². The molecule has 0 saturated carbocycles. The molecule has 2 amide bonds. The van der Waals surface area contributed by atoms with Gasteiger partial charge in [0, 0.05) is 5.69 Å². The monoisotopic (exact) mass is 487 g/mol. The van der Waals surface area contributed by atoms with E-state index in [0.717, 1.165) is 0 Å². The molecule has 9 nitrogen and oxygen atoms in total. The third-order valence-electron chi connectivity index (χ3n) is 5.63. The first-order chi connectivity index (χ1) is 17.5. The Kier molecular flexibility index (Phi) is 6.31. The molecule has 0 aliphatic carbocycles. The summed E-state index contributed by atoms with van der Waals surface area (Å²) in [5.41, 5.74) is 1.61. The molecule has 3 aromatic heterocycles. The summed E-state index contributed by atoms with van der Waals surface area (Å²) in [5, 5.41) is 11.0. The maximum Gasteiger partial charge on any atom is 0.251 e. The van der Waals surface area contributed by atoms with Gasteiger partial charge in [-0.1, -0.05) is 17.3 Å². The molecule has 10 heteroatoms. The van der Waals surface area contributed by atoms with Crippen molar-refractivity contribution in [2.75, 3.05) is 4.90 Å². The van der Waals surface area contributed by atoms with Gasteiger partial charge in [-0.2, -0.15) is 0 Å². The normalized spacial score (nSPS) is 11.9. The lowest BCUT2D eigenvalue weighted by atomic mass is 10.1. The summed E-state index contributed by atoms with van der Waals surface area (Å²) >= 11 is 0. The summed E-state index contributed by atoms with van der Waals surface area (Å²) in [5.74, 6) is -0.0629. The van der Waals surface area contributed by atoms with Crippen LogP contribution in [0.2, 0.25) is 0 Å². The Balaban J connectivity index is 1.53. The highest BCUT2D eigenvalue weighted by Crippen LogP contribution is 2.30. The van der Waals surface area contributed by atoms with Gasteiger partial charge in [0.2, 0.25) is 5.91 Å². The molecule has 2 aromatic carbocycles. The summed E-state index contributed by atoms with van der Waals surface area (Å²) in [7, 11) is 0. The smallest absolute Gasteiger partial charge is 0.251 e. The fourth-order valence-electron chi connectivity index (χ4n) is 3.94. The minimum Gasteiger partial charge on any atom is -0.467 e. The lowest BCUT2D eigenvalue weighted by molar-refractivity contribution is -0.127. The molecule has 1 atom stereocenters. The van der Waals surface area contributed by atoms with E-state index in [1.807, 2.05) is 12.1 Å². The fraction of sp³-hybridized carbons (Fsp3) is 0.154. The van der Waals surface area contributed by atoms with Gasteiger partial charge >= 0.3 is 0 Å². The Bertz CT molecular complexity index is 1490. The van der Waals surface area contributed by atoms with Crippen molar-refractivity contribution in [1.82, 2.24) is 20.3 Å². The molecule has 1 N–H and O–H groups in total. The van der Waals surface area contributed by atoms with E-state index in [-0.39, 0.29) is 18.8 Å². The molecule has 36 heavy (non-hydrogen) atoms. The van der Waals surface area contributed by atoms with Gasteiger partial charge in [-0.25, -0.2) is 9.07 Å². The second-order valence-electron chi connectivity index (χ2n) is 8.12. The predicted molar refractivity (Wildman–Crippen MR) is 128 cm³/mol. The lowest BCUT2D eigenvalue weighted by Gasteiger charge is -2.30. The molecule has 0 aliphatic rings. The lowest BCUT2D eigenvalue weighted by Crippen LogP contribution is -2.45. The van der Waals surface area contributed by atoms with E-state index in [0.29, 0.717) is 28.2 Å². The minimum absolute atomic E-state index is 0.112. The van der Waals surface area contributed by atoms with Crippen molar-refractivity contribution >= 4 is 28.5 Å². The summed E-state index contributed by atoms with van der Waals surface area (Å²) in [6.45, 7) is 1.65. The molecule has 0 fully saturated rings. The second-order valence-corrected chi connectivity index (χ2v) is 8.12. The quantitative estimate of drug-likeness (QED) is 0.352. The highest BCUT2D eigenvalue weighted by Gasteiger charge is 2.35. The molecule has 182 valence electrons. The molecule has 3 heterocycles. The van der Waals surface area contributed by atoms with Crippen molar-refractivity contribution < 1.29 is 22.8 Å². The van der Waals surface area contributed by atoms with Crippen molar-refractivity contribution in [3.63, 3.8) is 0 Å². The Morgan fingerprint density at radius 3 is 2.58 bits per heavy atom. The van der Waals surface area contributed by atoms with E-state index in [1.165, 1.54) is 40.1 Å². The number of carbonyl (C=O) groups is 2. The maximum absolute atomic E-state index is 13.8. The largest absolute Gasteiger partial charge is 0.467 e. The van der Waals surface area contributed by atoms with Crippen LogP contribution < -0.4 is 10.2 Å². The van der Waals surface area contributed by atoms with Crippen LogP contribution in [0.4, 0.5) is 10.1 Å². The van der Waals surface area contributed by atoms with Gasteiger partial charge in [0.05, 0.1) is 18.3 Å². The average Bonchev–Trinajstić information content (AvgIpc) is 3.64. The predicted octanol–water partition coefficient (Wildman–Crippen LogP) is 4.16. The zero-order valence-electron chi connectivity index (χ0n) is 19.3. The molecule has 0 saturated heterocycles. The molecule has 0 aliphatic heterocycles. The van der Waals surface area contributed by atoms with Gasteiger partial charge in [-0.15, -0.1) is 5.10 Å². The van der Waals surface area contributed by atoms with E-state index in [9.17, 15) is 14.0 Å². The number of nitrogens with zero attached hydrogens (tertiary/aromatic N) is 4. The first-order valence-corrected chi connectivity index (χ1v) is 11.2. The molecule has 5 rings (SSSR count). The highest BCUT2D eigenvalue weighted by molar-refractivity contribution is 6.01. The number of benzene rings is 2. The summed E-state index contributed by atoms with van der Waals surface area (Å²) in [6, 6.07) is 18.2. The van der Waals surface area contributed by atoms with Crippen LogP contribution in [-0.2, 0) is 22.7 Å². The number of halogens is 1. The molecular weight excluding hydrogens is 465 g/mol. The number of furan rings is 2. The van der Waals surface area contributed by atoms with Crippen LogP contribution in [0, 0.1) is 12.7 Å². The number of nitrogens with one attached hydrogen (secondary N) is 1. The van der Waals surface area contributed by atoms with Crippen molar-refractivity contribution in [2.45, 2.75) is 26.1 Å². The number of hydrogen-bond donors (Lipinski definition) is 1. The van der Waals surface area contributed by atoms with Crippen molar-refractivity contribution in [3.05, 3.63) is 102 Å². The molecule has 0 bridgehead atoms. The minimum atomic E-state index is -1.18. The number of amides is 2. The summed E-state index contributed by atoms with van der Waals surface area (Å²) in [6.07, 6.45) is 1.51. The van der Waals surface area contributed by atoms with Crippen LogP contribution in [0.5, 0.6) is 0 Å². The standard InChI is InChI=1S/C26H22FN5O4/c1-17-8-13-23(36-17)25(26(34)28-15-20-5-4-14-35-20)32(19-11-9-18(27)10-12-19)24(33)16-31-22-7-3-2-6-21(22)29-30-31/h2-14,25H,15-16H2,1H3,(H,28,34). The van der Waals surface area contributed by atoms with Crippen LogP contribution in [0.15, 0.2) is 87.9 Å². The Hall–Kier alpha value is -4.73. The van der Waals surface area contributed by atoms with Crippen LogP contribution in [0.1, 0.15) is 23.3 Å². The van der Waals surface area contributed by atoms with Crippen molar-refractivity contribution in [2.24, 2.45) is 0 Å². The average molecular weight is 487 g/mol. The van der Waals surface area contributed by atoms with Gasteiger partial charge < -0.3 is 14.2 Å². The fourth-order valence-corrected chi connectivity index (χ4v) is 3.94. The molecule has 5 aromatic rings. The SMILES string of the molecule is Cc1ccc(C(C(=O)NCc2ccco2)N(C(=O)Cn2nnc3ccccc32)c2ccc(F)cc2)o1. The third-order valence-corrected chi connectivity index (χ3v) is 5.63.